The molecule has 2 rings (SSSR count). The van der Waals surface area contributed by atoms with Crippen LogP contribution in [0.4, 0.5) is 14.5 Å². The van der Waals surface area contributed by atoms with E-state index in [0.717, 1.165) is 20.2 Å². The van der Waals surface area contributed by atoms with Crippen LogP contribution in [0.1, 0.15) is 17.6 Å². The van der Waals surface area contributed by atoms with Crippen LogP contribution in [0.3, 0.4) is 0 Å². The van der Waals surface area contributed by atoms with Crippen molar-refractivity contribution in [1.29, 1.82) is 0 Å². The van der Waals surface area contributed by atoms with Crippen LogP contribution >= 0.6 is 31.9 Å². The zero-order valence-corrected chi connectivity index (χ0v) is 13.0. The second-order valence-electron chi connectivity index (χ2n) is 4.02. The standard InChI is InChI=1S/C14H11Br2F2N/c15-11-5-6-12(16)13(7-11)19-8-9-1-3-10(4-2-9)14(17)18/h1-7,14,19H,8H2. The van der Waals surface area contributed by atoms with Gasteiger partial charge in [-0.05, 0) is 39.7 Å². The highest BCUT2D eigenvalue weighted by Crippen LogP contribution is 2.26. The van der Waals surface area contributed by atoms with Gasteiger partial charge in [-0.3, -0.25) is 0 Å². The zero-order chi connectivity index (χ0) is 13.8. The smallest absolute Gasteiger partial charge is 0.263 e. The number of hydrogen-bond acceptors (Lipinski definition) is 1. The van der Waals surface area contributed by atoms with Gasteiger partial charge in [0.1, 0.15) is 0 Å². The van der Waals surface area contributed by atoms with E-state index in [2.05, 4.69) is 37.2 Å². The molecule has 0 unspecified atom stereocenters. The molecule has 0 bridgehead atoms. The number of nitrogens with one attached hydrogen (secondary N) is 1. The maximum atomic E-state index is 12.4. The summed E-state index contributed by atoms with van der Waals surface area (Å²) >= 11 is 6.86. The summed E-state index contributed by atoms with van der Waals surface area (Å²) in [5, 5.41) is 3.25. The molecule has 0 atom stereocenters. The third-order valence-electron chi connectivity index (χ3n) is 2.64. The molecule has 0 radical (unpaired) electrons. The minimum absolute atomic E-state index is 0.0485. The summed E-state index contributed by atoms with van der Waals surface area (Å²) in [6.07, 6.45) is -2.42. The quantitative estimate of drug-likeness (QED) is 0.699. The lowest BCUT2D eigenvalue weighted by molar-refractivity contribution is 0.151. The molecule has 5 heteroatoms. The Morgan fingerprint density at radius 1 is 1.00 bits per heavy atom. The van der Waals surface area contributed by atoms with Crippen LogP contribution in [0.25, 0.3) is 0 Å². The van der Waals surface area contributed by atoms with E-state index in [4.69, 9.17) is 0 Å². The van der Waals surface area contributed by atoms with Crippen molar-refractivity contribution in [1.82, 2.24) is 0 Å². The fourth-order valence-corrected chi connectivity index (χ4v) is 2.36. The van der Waals surface area contributed by atoms with Gasteiger partial charge in [0.2, 0.25) is 0 Å². The molecule has 1 N–H and O–H groups in total. The van der Waals surface area contributed by atoms with Gasteiger partial charge in [0, 0.05) is 26.7 Å². The molecule has 0 aromatic heterocycles. The average molecular weight is 391 g/mol. The summed E-state index contributed by atoms with van der Waals surface area (Å²) in [6.45, 7) is 0.582. The second kappa shape index (κ2) is 6.48. The molecule has 0 saturated carbocycles. The van der Waals surface area contributed by atoms with E-state index in [-0.39, 0.29) is 5.56 Å². The van der Waals surface area contributed by atoms with E-state index in [1.54, 1.807) is 12.1 Å². The van der Waals surface area contributed by atoms with Gasteiger partial charge in [0.25, 0.3) is 6.43 Å². The van der Waals surface area contributed by atoms with Crippen LogP contribution in [-0.4, -0.2) is 0 Å². The van der Waals surface area contributed by atoms with Crippen LogP contribution in [0.15, 0.2) is 51.4 Å². The van der Waals surface area contributed by atoms with E-state index >= 15 is 0 Å². The van der Waals surface area contributed by atoms with Crippen LogP contribution in [-0.2, 0) is 6.54 Å². The summed E-state index contributed by atoms with van der Waals surface area (Å²) in [7, 11) is 0. The molecular formula is C14H11Br2F2N. The third-order valence-corrected chi connectivity index (χ3v) is 3.83. The highest BCUT2D eigenvalue weighted by Gasteiger charge is 2.06. The first-order valence-corrected chi connectivity index (χ1v) is 7.21. The topological polar surface area (TPSA) is 12.0 Å². The minimum atomic E-state index is -2.42. The summed E-state index contributed by atoms with van der Waals surface area (Å²) in [6, 6.07) is 12.2. The van der Waals surface area contributed by atoms with Gasteiger partial charge in [-0.1, -0.05) is 40.2 Å². The van der Waals surface area contributed by atoms with E-state index in [1.165, 1.54) is 12.1 Å². The first kappa shape index (κ1) is 14.5. The van der Waals surface area contributed by atoms with Crippen molar-refractivity contribution in [3.05, 3.63) is 62.5 Å². The largest absolute Gasteiger partial charge is 0.380 e. The Balaban J connectivity index is 2.04. The van der Waals surface area contributed by atoms with Gasteiger partial charge in [0.05, 0.1) is 0 Å². The summed E-state index contributed by atoms with van der Waals surface area (Å²) in [5.41, 5.74) is 1.95. The SMILES string of the molecule is FC(F)c1ccc(CNc2cc(Br)ccc2Br)cc1. The predicted octanol–water partition coefficient (Wildman–Crippen LogP) is 5.76. The normalized spacial score (nSPS) is 10.8. The van der Waals surface area contributed by atoms with Crippen molar-refractivity contribution in [3.63, 3.8) is 0 Å². The van der Waals surface area contributed by atoms with E-state index < -0.39 is 6.43 Å². The van der Waals surface area contributed by atoms with E-state index in [0.29, 0.717) is 6.54 Å². The molecule has 2 aromatic rings. The molecule has 0 amide bonds. The molecule has 0 spiro atoms. The van der Waals surface area contributed by atoms with Crippen molar-refractivity contribution in [3.8, 4) is 0 Å². The van der Waals surface area contributed by atoms with Gasteiger partial charge in [-0.15, -0.1) is 0 Å². The minimum Gasteiger partial charge on any atom is -0.380 e. The fourth-order valence-electron chi connectivity index (χ4n) is 1.61. The number of hydrogen-bond donors (Lipinski definition) is 1. The second-order valence-corrected chi connectivity index (χ2v) is 5.79. The lowest BCUT2D eigenvalue weighted by Crippen LogP contribution is -2.00. The maximum absolute atomic E-state index is 12.4. The maximum Gasteiger partial charge on any atom is 0.263 e. The molecule has 19 heavy (non-hydrogen) atoms. The number of anilines is 1. The lowest BCUT2D eigenvalue weighted by Gasteiger charge is -2.09. The van der Waals surface area contributed by atoms with Crippen molar-refractivity contribution in [2.75, 3.05) is 5.32 Å². The number of alkyl halides is 2. The van der Waals surface area contributed by atoms with Gasteiger partial charge in [-0.25, -0.2) is 8.78 Å². The number of benzene rings is 2. The van der Waals surface area contributed by atoms with Gasteiger partial charge in [-0.2, -0.15) is 0 Å². The van der Waals surface area contributed by atoms with Crippen LogP contribution < -0.4 is 5.32 Å². The Hall–Kier alpha value is -0.940. The predicted molar refractivity (Wildman–Crippen MR) is 80.6 cm³/mol. The van der Waals surface area contributed by atoms with Crippen LogP contribution in [0.5, 0.6) is 0 Å². The first-order valence-electron chi connectivity index (χ1n) is 5.62. The van der Waals surface area contributed by atoms with Crippen molar-refractivity contribution in [2.45, 2.75) is 13.0 Å². The molecule has 0 heterocycles. The number of rotatable bonds is 4. The monoisotopic (exact) mass is 389 g/mol. The molecule has 1 nitrogen and oxygen atoms in total. The summed E-state index contributed by atoms with van der Waals surface area (Å²) in [4.78, 5) is 0. The molecule has 0 aliphatic rings. The Morgan fingerprint density at radius 2 is 1.68 bits per heavy atom. The summed E-state index contributed by atoms with van der Waals surface area (Å²) < 4.78 is 26.8. The molecule has 100 valence electrons. The molecule has 0 saturated heterocycles. The summed E-state index contributed by atoms with van der Waals surface area (Å²) in [5.74, 6) is 0. The van der Waals surface area contributed by atoms with Crippen molar-refractivity contribution in [2.24, 2.45) is 0 Å². The van der Waals surface area contributed by atoms with Crippen molar-refractivity contribution >= 4 is 37.5 Å². The molecule has 0 aliphatic heterocycles. The Kier molecular flexibility index (Phi) is 4.93. The number of halogens is 4. The highest BCUT2D eigenvalue weighted by molar-refractivity contribution is 9.11. The fraction of sp³-hybridized carbons (Fsp3) is 0.143. The van der Waals surface area contributed by atoms with Crippen LogP contribution in [0, 0.1) is 0 Å². The Labute approximate surface area is 127 Å². The van der Waals surface area contributed by atoms with Crippen LogP contribution in [0.2, 0.25) is 0 Å². The van der Waals surface area contributed by atoms with E-state index in [9.17, 15) is 8.78 Å². The Bertz CT molecular complexity index is 556. The zero-order valence-electron chi connectivity index (χ0n) is 9.84. The van der Waals surface area contributed by atoms with Gasteiger partial charge >= 0.3 is 0 Å². The van der Waals surface area contributed by atoms with Gasteiger partial charge < -0.3 is 5.32 Å². The third kappa shape index (κ3) is 4.01. The first-order chi connectivity index (χ1) is 9.06. The molecular weight excluding hydrogens is 380 g/mol. The molecule has 0 aliphatic carbocycles. The lowest BCUT2D eigenvalue weighted by atomic mass is 10.1. The van der Waals surface area contributed by atoms with E-state index in [1.807, 2.05) is 18.2 Å². The van der Waals surface area contributed by atoms with Gasteiger partial charge in [0.15, 0.2) is 0 Å². The molecule has 0 fully saturated rings. The Morgan fingerprint density at radius 3 is 2.32 bits per heavy atom. The molecule has 2 aromatic carbocycles. The van der Waals surface area contributed by atoms with Crippen molar-refractivity contribution < 1.29 is 8.78 Å². The average Bonchev–Trinajstić information content (AvgIpc) is 2.40. The highest BCUT2D eigenvalue weighted by atomic mass is 79.9.